The number of nitrogens with zero attached hydrogens (tertiary/aromatic N) is 2. The minimum Gasteiger partial charge on any atom is -0.455 e. The Morgan fingerprint density at radius 1 is 0.707 bits per heavy atom. The predicted octanol–water partition coefficient (Wildman–Crippen LogP) is 12.6. The number of nitro benzene ring substituents is 1. The van der Waals surface area contributed by atoms with E-state index < -0.39 is 39.7 Å². The Morgan fingerprint density at radius 2 is 1.26 bits per heavy atom. The van der Waals surface area contributed by atoms with E-state index >= 15 is 0 Å². The van der Waals surface area contributed by atoms with Gasteiger partial charge in [0.15, 0.2) is 0 Å². The maximum atomic E-state index is 15.0. The molecular formula is C45H39Cl2F2N3O6. The van der Waals surface area contributed by atoms with E-state index in [1.807, 2.05) is 0 Å². The summed E-state index contributed by atoms with van der Waals surface area (Å²) in [5.74, 6) is -2.08. The van der Waals surface area contributed by atoms with Crippen LogP contribution in [-0.4, -0.2) is 37.6 Å². The third-order valence-electron chi connectivity index (χ3n) is 8.73. The lowest BCUT2D eigenvalue weighted by Gasteiger charge is -2.21. The first-order valence-electron chi connectivity index (χ1n) is 18.1. The number of rotatable bonds is 7. The van der Waals surface area contributed by atoms with Gasteiger partial charge < -0.3 is 19.0 Å². The molecular weight excluding hydrogens is 787 g/mol. The Labute approximate surface area is 343 Å². The van der Waals surface area contributed by atoms with E-state index in [-0.39, 0.29) is 29.2 Å². The van der Waals surface area contributed by atoms with E-state index in [9.17, 15) is 28.5 Å². The summed E-state index contributed by atoms with van der Waals surface area (Å²) < 4.78 is 42.2. The fourth-order valence-electron chi connectivity index (χ4n) is 6.51. The summed E-state index contributed by atoms with van der Waals surface area (Å²) in [6.45, 7) is 10.7. The fraction of sp³-hybridized carbons (Fsp3) is 0.200. The van der Waals surface area contributed by atoms with Crippen LogP contribution in [0.25, 0.3) is 44.1 Å². The molecule has 0 saturated carbocycles. The number of fused-ring (bicyclic) bond motifs is 2. The first-order chi connectivity index (χ1) is 27.3. The van der Waals surface area contributed by atoms with Crippen LogP contribution in [0.2, 0.25) is 10.0 Å². The molecule has 0 atom stereocenters. The lowest BCUT2D eigenvalue weighted by atomic mass is 10.0. The predicted molar refractivity (Wildman–Crippen MR) is 224 cm³/mol. The van der Waals surface area contributed by atoms with Crippen LogP contribution in [0.3, 0.4) is 0 Å². The first kappa shape index (κ1) is 41.6. The Morgan fingerprint density at radius 3 is 1.84 bits per heavy atom. The number of aromatic nitrogens is 2. The number of carbonyl (C=O) groups excluding carboxylic acids is 2. The van der Waals surface area contributed by atoms with E-state index in [4.69, 9.17) is 32.7 Å². The minimum absolute atomic E-state index is 0.0647. The molecule has 9 nitrogen and oxygen atoms in total. The van der Waals surface area contributed by atoms with Crippen LogP contribution in [0, 0.1) is 21.7 Å². The Hall–Kier alpha value is -6.04. The molecule has 58 heavy (non-hydrogen) atoms. The summed E-state index contributed by atoms with van der Waals surface area (Å²) in [6, 6.07) is 28.9. The van der Waals surface area contributed by atoms with Crippen molar-refractivity contribution < 1.29 is 32.8 Å². The van der Waals surface area contributed by atoms with Crippen molar-refractivity contribution in [2.24, 2.45) is 0 Å². The Kier molecular flexibility index (Phi) is 11.8. The molecule has 13 heteroatoms. The van der Waals surface area contributed by atoms with Crippen LogP contribution < -0.4 is 0 Å². The lowest BCUT2D eigenvalue weighted by molar-refractivity contribution is -0.384. The molecule has 0 saturated heterocycles. The zero-order valence-electron chi connectivity index (χ0n) is 32.5. The summed E-state index contributed by atoms with van der Waals surface area (Å²) in [5.41, 5.74) is 2.13. The standard InChI is InChI=1S/C26H22ClFN2O4.C19H17ClFNO2/c1-26(2,3)34-25(31)24-23(19-9-4-5-10-21(19)28)20-14-17(27)11-12-22(20)29(24)15-16-7-6-8-18(13-16)30(32)33;1-19(2,3)24-18(23)17-16(12-6-4-5-7-14(12)21)13-10-11(20)8-9-15(13)22-17/h4-14H,15H2,1-3H3;4-10,22H,1-3H3. The number of non-ortho nitro benzene ring substituents is 1. The molecule has 0 aliphatic rings. The number of carbonyl (C=O) groups is 2. The highest BCUT2D eigenvalue weighted by molar-refractivity contribution is 6.32. The van der Waals surface area contributed by atoms with Gasteiger partial charge in [-0.05, 0) is 95.6 Å². The molecule has 0 unspecified atom stereocenters. The lowest BCUT2D eigenvalue weighted by Crippen LogP contribution is -2.26. The van der Waals surface area contributed by atoms with Crippen LogP contribution in [0.15, 0.2) is 109 Å². The van der Waals surface area contributed by atoms with E-state index in [0.717, 1.165) is 0 Å². The van der Waals surface area contributed by atoms with Crippen LogP contribution in [0.1, 0.15) is 68.1 Å². The maximum absolute atomic E-state index is 15.0. The summed E-state index contributed by atoms with van der Waals surface area (Å²) in [4.78, 5) is 40.0. The highest BCUT2D eigenvalue weighted by Crippen LogP contribution is 2.40. The highest BCUT2D eigenvalue weighted by Gasteiger charge is 2.30. The summed E-state index contributed by atoms with van der Waals surface area (Å²) in [7, 11) is 0. The summed E-state index contributed by atoms with van der Waals surface area (Å²) >= 11 is 12.4. The topological polar surface area (TPSA) is 116 Å². The maximum Gasteiger partial charge on any atom is 0.356 e. The van der Waals surface area contributed by atoms with Crippen LogP contribution in [-0.2, 0) is 16.0 Å². The molecule has 0 fully saturated rings. The number of ether oxygens (including phenoxy) is 2. The minimum atomic E-state index is -0.798. The number of aromatic amines is 1. The number of benzene rings is 5. The van der Waals surface area contributed by atoms with Crippen molar-refractivity contribution in [3.63, 3.8) is 0 Å². The normalized spacial score (nSPS) is 11.6. The van der Waals surface area contributed by atoms with Gasteiger partial charge in [0.1, 0.15) is 34.2 Å². The molecule has 0 radical (unpaired) electrons. The molecule has 0 aliphatic heterocycles. The molecule has 0 bridgehead atoms. The third kappa shape index (κ3) is 9.22. The number of nitro groups is 1. The molecule has 2 aromatic heterocycles. The molecule has 298 valence electrons. The molecule has 7 aromatic rings. The van der Waals surface area contributed by atoms with Crippen molar-refractivity contribution in [2.45, 2.75) is 59.3 Å². The van der Waals surface area contributed by atoms with Crippen molar-refractivity contribution in [1.82, 2.24) is 9.55 Å². The van der Waals surface area contributed by atoms with Gasteiger partial charge in [-0.1, -0.05) is 71.7 Å². The van der Waals surface area contributed by atoms with Crippen molar-refractivity contribution in [3.05, 3.63) is 158 Å². The second-order valence-corrected chi connectivity index (χ2v) is 16.3. The van der Waals surface area contributed by atoms with Gasteiger partial charge in [0.05, 0.1) is 4.92 Å². The zero-order chi connectivity index (χ0) is 42.1. The van der Waals surface area contributed by atoms with Gasteiger partial charge in [-0.3, -0.25) is 10.1 Å². The molecule has 0 spiro atoms. The number of nitrogens with one attached hydrogen (secondary N) is 1. The quantitative estimate of drug-likeness (QED) is 0.0972. The molecule has 7 rings (SSSR count). The zero-order valence-corrected chi connectivity index (χ0v) is 34.0. The number of esters is 2. The Balaban J connectivity index is 0.000000208. The largest absolute Gasteiger partial charge is 0.455 e. The second kappa shape index (κ2) is 16.4. The van der Waals surface area contributed by atoms with Crippen molar-refractivity contribution >= 4 is 62.6 Å². The number of hydrogen-bond acceptors (Lipinski definition) is 6. The SMILES string of the molecule is CC(C)(C)OC(=O)c1[nH]c2ccc(Cl)cc2c1-c1ccccc1F.CC(C)(C)OC(=O)c1c(-c2ccccc2F)c2cc(Cl)ccc2n1Cc1cccc([N+](=O)[O-])c1. The smallest absolute Gasteiger partial charge is 0.356 e. The number of hydrogen-bond donors (Lipinski definition) is 1. The number of H-pyrrole nitrogens is 1. The van der Waals surface area contributed by atoms with Gasteiger partial charge in [0.25, 0.3) is 5.69 Å². The average Bonchev–Trinajstić information content (AvgIpc) is 3.66. The summed E-state index contributed by atoms with van der Waals surface area (Å²) in [5, 5.41) is 13.5. The molecule has 5 aromatic carbocycles. The molecule has 1 N–H and O–H groups in total. The van der Waals surface area contributed by atoms with Gasteiger partial charge in [-0.25, -0.2) is 18.4 Å². The second-order valence-electron chi connectivity index (χ2n) is 15.4. The molecule has 2 heterocycles. The van der Waals surface area contributed by atoms with Gasteiger partial charge in [0.2, 0.25) is 0 Å². The van der Waals surface area contributed by atoms with Crippen molar-refractivity contribution in [3.8, 4) is 22.3 Å². The van der Waals surface area contributed by atoms with Crippen LogP contribution in [0.4, 0.5) is 14.5 Å². The van der Waals surface area contributed by atoms with Gasteiger partial charge in [0, 0.05) is 72.8 Å². The van der Waals surface area contributed by atoms with Gasteiger partial charge >= 0.3 is 11.9 Å². The van der Waals surface area contributed by atoms with E-state index in [1.54, 1.807) is 131 Å². The van der Waals surface area contributed by atoms with Gasteiger partial charge in [-0.2, -0.15) is 0 Å². The van der Waals surface area contributed by atoms with E-state index in [2.05, 4.69) is 4.98 Å². The van der Waals surface area contributed by atoms with Crippen molar-refractivity contribution in [2.75, 3.05) is 0 Å². The monoisotopic (exact) mass is 825 g/mol. The Bertz CT molecular complexity index is 2710. The molecule has 0 aliphatic carbocycles. The van der Waals surface area contributed by atoms with Crippen molar-refractivity contribution in [1.29, 1.82) is 0 Å². The summed E-state index contributed by atoms with van der Waals surface area (Å²) in [6.07, 6.45) is 0. The van der Waals surface area contributed by atoms with Crippen LogP contribution >= 0.6 is 23.2 Å². The average molecular weight is 827 g/mol. The third-order valence-corrected chi connectivity index (χ3v) is 9.20. The van der Waals surface area contributed by atoms with E-state index in [0.29, 0.717) is 54.1 Å². The van der Waals surface area contributed by atoms with Gasteiger partial charge in [-0.15, -0.1) is 0 Å². The first-order valence-corrected chi connectivity index (χ1v) is 18.9. The van der Waals surface area contributed by atoms with E-state index in [1.165, 1.54) is 24.3 Å². The number of halogens is 4. The highest BCUT2D eigenvalue weighted by atomic mass is 35.5. The fourth-order valence-corrected chi connectivity index (χ4v) is 6.85. The molecule has 0 amide bonds. The van der Waals surface area contributed by atoms with Crippen LogP contribution in [0.5, 0.6) is 0 Å².